The van der Waals surface area contributed by atoms with E-state index in [4.69, 9.17) is 4.74 Å². The second-order valence-corrected chi connectivity index (χ2v) is 8.36. The number of hydrogen-bond donors (Lipinski definition) is 0. The maximum Gasteiger partial charge on any atom is 0.127 e. The van der Waals surface area contributed by atoms with Gasteiger partial charge in [0.25, 0.3) is 0 Å². The number of ether oxygens (including phenoxy) is 1. The average Bonchev–Trinajstić information content (AvgIpc) is 2.63. The predicted octanol–water partition coefficient (Wildman–Crippen LogP) is 8.03. The summed E-state index contributed by atoms with van der Waals surface area (Å²) in [6, 6.07) is 5.39. The van der Waals surface area contributed by atoms with Gasteiger partial charge >= 0.3 is 0 Å². The van der Waals surface area contributed by atoms with Gasteiger partial charge in [-0.15, -0.1) is 0 Å². The first-order chi connectivity index (χ1) is 12.6. The molecule has 1 aliphatic carbocycles. The molecule has 1 aliphatic rings. The van der Waals surface area contributed by atoms with E-state index < -0.39 is 0 Å². The van der Waals surface area contributed by atoms with Gasteiger partial charge in [-0.3, -0.25) is 0 Å². The Morgan fingerprint density at radius 3 is 2.38 bits per heavy atom. The molecule has 0 aliphatic heterocycles. The summed E-state index contributed by atoms with van der Waals surface area (Å²) < 4.78 is 20.2. The molecular formula is C24H39FO. The summed E-state index contributed by atoms with van der Waals surface area (Å²) in [7, 11) is 0. The molecule has 1 fully saturated rings. The normalized spacial score (nSPS) is 21.5. The molecule has 2 heteroatoms. The molecule has 1 atom stereocenters. The Morgan fingerprint density at radius 2 is 1.69 bits per heavy atom. The molecule has 1 aromatic rings. The van der Waals surface area contributed by atoms with Crippen molar-refractivity contribution < 1.29 is 9.13 Å². The lowest BCUT2D eigenvalue weighted by Gasteiger charge is -2.29. The fourth-order valence-electron chi connectivity index (χ4n) is 4.32. The van der Waals surface area contributed by atoms with Crippen molar-refractivity contribution in [3.8, 4) is 5.75 Å². The number of halogens is 1. The van der Waals surface area contributed by atoms with E-state index >= 15 is 0 Å². The highest BCUT2D eigenvalue weighted by Crippen LogP contribution is 2.39. The molecule has 26 heavy (non-hydrogen) atoms. The Hall–Kier alpha value is -1.05. The average molecular weight is 363 g/mol. The summed E-state index contributed by atoms with van der Waals surface area (Å²) in [5.41, 5.74) is 1.15. The van der Waals surface area contributed by atoms with E-state index in [-0.39, 0.29) is 11.9 Å². The van der Waals surface area contributed by atoms with Crippen molar-refractivity contribution in [2.75, 3.05) is 0 Å². The molecule has 2 rings (SSSR count). The molecule has 0 N–H and O–H groups in total. The quantitative estimate of drug-likeness (QED) is 0.362. The van der Waals surface area contributed by atoms with Crippen molar-refractivity contribution in [2.24, 2.45) is 5.92 Å². The zero-order chi connectivity index (χ0) is 18.8. The molecule has 0 aromatic heterocycles. The van der Waals surface area contributed by atoms with Crippen LogP contribution in [0, 0.1) is 11.7 Å². The molecule has 1 saturated carbocycles. The molecule has 0 unspecified atom stereocenters. The van der Waals surface area contributed by atoms with Gasteiger partial charge in [0.05, 0.1) is 6.10 Å². The third kappa shape index (κ3) is 7.29. The number of hydrogen-bond acceptors (Lipinski definition) is 1. The molecule has 0 spiro atoms. The molecule has 0 radical (unpaired) electrons. The van der Waals surface area contributed by atoms with Crippen molar-refractivity contribution in [1.29, 1.82) is 0 Å². The number of rotatable bonds is 11. The minimum absolute atomic E-state index is 0.149. The van der Waals surface area contributed by atoms with Gasteiger partial charge in [-0.05, 0) is 75.0 Å². The van der Waals surface area contributed by atoms with Crippen LogP contribution in [0.1, 0.15) is 109 Å². The first kappa shape index (κ1) is 21.3. The SMILES string of the molecule is CCCCCC[C@H](C)Oc1cc(F)cc(C2CCC(CCCC)CC2)c1. The maximum atomic E-state index is 14.1. The highest BCUT2D eigenvalue weighted by Gasteiger charge is 2.23. The van der Waals surface area contributed by atoms with Gasteiger partial charge in [0.15, 0.2) is 0 Å². The second-order valence-electron chi connectivity index (χ2n) is 8.36. The Labute approximate surface area is 160 Å². The summed E-state index contributed by atoms with van der Waals surface area (Å²) in [5, 5.41) is 0. The van der Waals surface area contributed by atoms with E-state index in [0.29, 0.717) is 5.92 Å². The number of benzene rings is 1. The van der Waals surface area contributed by atoms with Gasteiger partial charge in [0, 0.05) is 6.07 Å². The van der Waals surface area contributed by atoms with E-state index in [1.165, 1.54) is 70.6 Å². The minimum Gasteiger partial charge on any atom is -0.491 e. The fourth-order valence-corrected chi connectivity index (χ4v) is 4.32. The van der Waals surface area contributed by atoms with Gasteiger partial charge in [-0.1, -0.05) is 52.4 Å². The Bertz CT molecular complexity index is 505. The molecule has 1 aromatic carbocycles. The zero-order valence-corrected chi connectivity index (χ0v) is 17.2. The summed E-state index contributed by atoms with van der Waals surface area (Å²) in [6.07, 6.45) is 15.2. The highest BCUT2D eigenvalue weighted by atomic mass is 19.1. The zero-order valence-electron chi connectivity index (χ0n) is 17.2. The van der Waals surface area contributed by atoms with Crippen molar-refractivity contribution in [3.05, 3.63) is 29.6 Å². The van der Waals surface area contributed by atoms with Gasteiger partial charge in [0.1, 0.15) is 11.6 Å². The maximum absolute atomic E-state index is 14.1. The van der Waals surface area contributed by atoms with E-state index in [2.05, 4.69) is 26.8 Å². The Morgan fingerprint density at radius 1 is 0.962 bits per heavy atom. The fraction of sp³-hybridized carbons (Fsp3) is 0.750. The first-order valence-corrected chi connectivity index (χ1v) is 11.1. The lowest BCUT2D eigenvalue weighted by atomic mass is 9.77. The van der Waals surface area contributed by atoms with Gasteiger partial charge in [0.2, 0.25) is 0 Å². The first-order valence-electron chi connectivity index (χ1n) is 11.1. The largest absolute Gasteiger partial charge is 0.491 e. The van der Waals surface area contributed by atoms with Crippen LogP contribution < -0.4 is 4.74 Å². The van der Waals surface area contributed by atoms with Crippen LogP contribution in [0.4, 0.5) is 4.39 Å². The van der Waals surface area contributed by atoms with Gasteiger partial charge < -0.3 is 4.74 Å². The monoisotopic (exact) mass is 362 g/mol. The summed E-state index contributed by atoms with van der Waals surface area (Å²) in [5.74, 6) is 1.96. The van der Waals surface area contributed by atoms with Crippen molar-refractivity contribution in [1.82, 2.24) is 0 Å². The smallest absolute Gasteiger partial charge is 0.127 e. The highest BCUT2D eigenvalue weighted by molar-refractivity contribution is 5.32. The third-order valence-electron chi connectivity index (χ3n) is 5.98. The lowest BCUT2D eigenvalue weighted by molar-refractivity contribution is 0.205. The molecular weight excluding hydrogens is 323 g/mol. The van der Waals surface area contributed by atoms with Gasteiger partial charge in [-0.25, -0.2) is 4.39 Å². The van der Waals surface area contributed by atoms with Gasteiger partial charge in [-0.2, -0.15) is 0 Å². The van der Waals surface area contributed by atoms with E-state index in [1.807, 2.05) is 0 Å². The van der Waals surface area contributed by atoms with Crippen LogP contribution in [0.2, 0.25) is 0 Å². The topological polar surface area (TPSA) is 9.23 Å². The summed E-state index contributed by atoms with van der Waals surface area (Å²) in [4.78, 5) is 0. The third-order valence-corrected chi connectivity index (χ3v) is 5.98. The van der Waals surface area contributed by atoms with Crippen LogP contribution in [-0.4, -0.2) is 6.10 Å². The van der Waals surface area contributed by atoms with Crippen LogP contribution >= 0.6 is 0 Å². The van der Waals surface area contributed by atoms with Crippen LogP contribution in [0.5, 0.6) is 5.75 Å². The summed E-state index contributed by atoms with van der Waals surface area (Å²) >= 11 is 0. The van der Waals surface area contributed by atoms with E-state index in [1.54, 1.807) is 12.1 Å². The molecule has 0 saturated heterocycles. The minimum atomic E-state index is -0.149. The second kappa shape index (κ2) is 11.6. The summed E-state index contributed by atoms with van der Waals surface area (Å²) in [6.45, 7) is 6.60. The van der Waals surface area contributed by atoms with Crippen LogP contribution in [0.3, 0.4) is 0 Å². The molecule has 148 valence electrons. The van der Waals surface area contributed by atoms with E-state index in [0.717, 1.165) is 23.7 Å². The lowest BCUT2D eigenvalue weighted by Crippen LogP contribution is -2.15. The van der Waals surface area contributed by atoms with Crippen LogP contribution in [-0.2, 0) is 0 Å². The number of unbranched alkanes of at least 4 members (excludes halogenated alkanes) is 4. The van der Waals surface area contributed by atoms with Crippen LogP contribution in [0.25, 0.3) is 0 Å². The predicted molar refractivity (Wildman–Crippen MR) is 109 cm³/mol. The molecule has 0 bridgehead atoms. The van der Waals surface area contributed by atoms with Crippen molar-refractivity contribution in [2.45, 2.75) is 110 Å². The Balaban J connectivity index is 1.87. The van der Waals surface area contributed by atoms with Crippen molar-refractivity contribution in [3.63, 3.8) is 0 Å². The Kier molecular flexibility index (Phi) is 9.50. The van der Waals surface area contributed by atoms with Crippen LogP contribution in [0.15, 0.2) is 18.2 Å². The standard InChI is InChI=1S/C24H39FO/c1-4-6-8-9-10-19(3)26-24-17-22(16-23(25)18-24)21-14-12-20(13-15-21)11-7-5-2/h16-21H,4-15H2,1-3H3/t19-,20?,21?/m0/s1. The molecule has 1 nitrogen and oxygen atoms in total. The van der Waals surface area contributed by atoms with E-state index in [9.17, 15) is 4.39 Å². The molecule has 0 amide bonds. The van der Waals surface area contributed by atoms with Crippen molar-refractivity contribution >= 4 is 0 Å². The molecule has 0 heterocycles.